The van der Waals surface area contributed by atoms with Gasteiger partial charge in [0.15, 0.2) is 11.5 Å². The van der Waals surface area contributed by atoms with Crippen LogP contribution >= 0.6 is 0 Å². The van der Waals surface area contributed by atoms with E-state index in [9.17, 15) is 13.6 Å². The Morgan fingerprint density at radius 3 is 2.74 bits per heavy atom. The van der Waals surface area contributed by atoms with Gasteiger partial charge in [0.2, 0.25) is 17.6 Å². The van der Waals surface area contributed by atoms with Gasteiger partial charge in [0.1, 0.15) is 0 Å². The van der Waals surface area contributed by atoms with Crippen LogP contribution in [-0.4, -0.2) is 54.3 Å². The fourth-order valence-electron chi connectivity index (χ4n) is 2.36. The van der Waals surface area contributed by atoms with Gasteiger partial charge in [0, 0.05) is 12.1 Å². The second kappa shape index (κ2) is 9.81. The number of nitrogens with zero attached hydrogens (tertiary/aromatic N) is 3. The monoisotopic (exact) mass is 384 g/mol. The molecule has 0 saturated carbocycles. The maximum atomic E-state index is 12.4. The summed E-state index contributed by atoms with van der Waals surface area (Å²) in [6, 6.07) is 4.36. The van der Waals surface area contributed by atoms with Crippen molar-refractivity contribution in [2.75, 3.05) is 26.7 Å². The van der Waals surface area contributed by atoms with Crippen molar-refractivity contribution < 1.29 is 27.6 Å². The molecule has 10 heteroatoms. The molecule has 0 saturated heterocycles. The molecular weight excluding hydrogens is 362 g/mol. The van der Waals surface area contributed by atoms with E-state index in [1.54, 1.807) is 0 Å². The molecule has 148 valence electrons. The average Bonchev–Trinajstić information content (AvgIpc) is 3.09. The lowest BCUT2D eigenvalue weighted by Gasteiger charge is -2.17. The maximum Gasteiger partial charge on any atom is 0.387 e. The summed E-state index contributed by atoms with van der Waals surface area (Å²) in [5, 5.41) is 6.63. The van der Waals surface area contributed by atoms with Gasteiger partial charge >= 0.3 is 6.61 Å². The van der Waals surface area contributed by atoms with Crippen molar-refractivity contribution in [2.45, 2.75) is 27.0 Å². The number of ether oxygens (including phenoxy) is 2. The highest BCUT2D eigenvalue weighted by atomic mass is 19.3. The Labute approximate surface area is 155 Å². The summed E-state index contributed by atoms with van der Waals surface area (Å²) in [6.07, 6.45) is 0. The fraction of sp³-hybridized carbons (Fsp3) is 0.471. The minimum Gasteiger partial charge on any atom is -0.493 e. The molecule has 1 amide bonds. The maximum absolute atomic E-state index is 12.4. The molecule has 1 N–H and O–H groups in total. The topological polar surface area (TPSA) is 89.7 Å². The highest BCUT2D eigenvalue weighted by Gasteiger charge is 2.17. The summed E-state index contributed by atoms with van der Waals surface area (Å²) in [5.41, 5.74) is 0.523. The molecule has 0 aliphatic heterocycles. The zero-order chi connectivity index (χ0) is 19.8. The summed E-state index contributed by atoms with van der Waals surface area (Å²) in [6.45, 7) is 2.54. The number of carbonyl (C=O) groups excluding carboxylic acids is 1. The molecular formula is C17H22F2N4O4. The molecule has 0 spiro atoms. The smallest absolute Gasteiger partial charge is 0.387 e. The molecule has 8 nitrogen and oxygen atoms in total. The zero-order valence-electron chi connectivity index (χ0n) is 15.4. The van der Waals surface area contributed by atoms with Gasteiger partial charge in [-0.05, 0) is 31.7 Å². The standard InChI is InChI=1S/C17H22F2N4O4/c1-4-20-14(24)9-23(5-2)10-15-21-16(22-27-15)11-6-7-12(26-17(18)19)13(8-11)25-3/h6-8,17H,4-5,9-10H2,1-3H3,(H,20,24). The van der Waals surface area contributed by atoms with Gasteiger partial charge in [0.05, 0.1) is 20.2 Å². The van der Waals surface area contributed by atoms with Gasteiger partial charge in [-0.3, -0.25) is 9.69 Å². The van der Waals surface area contributed by atoms with E-state index >= 15 is 0 Å². The highest BCUT2D eigenvalue weighted by molar-refractivity contribution is 5.77. The minimum absolute atomic E-state index is 0.0842. The third-order valence-corrected chi connectivity index (χ3v) is 3.65. The molecule has 0 bridgehead atoms. The van der Waals surface area contributed by atoms with Crippen LogP contribution in [0.15, 0.2) is 22.7 Å². The van der Waals surface area contributed by atoms with Crippen molar-refractivity contribution >= 4 is 5.91 Å². The SMILES string of the molecule is CCNC(=O)CN(CC)Cc1nc(-c2ccc(OC(F)F)c(OC)c2)no1. The van der Waals surface area contributed by atoms with Crippen molar-refractivity contribution in [3.05, 3.63) is 24.1 Å². The van der Waals surface area contributed by atoms with Crippen LogP contribution in [-0.2, 0) is 11.3 Å². The molecule has 27 heavy (non-hydrogen) atoms. The normalized spacial score (nSPS) is 11.1. The lowest BCUT2D eigenvalue weighted by atomic mass is 10.2. The Balaban J connectivity index is 2.11. The van der Waals surface area contributed by atoms with Crippen LogP contribution in [0.4, 0.5) is 8.78 Å². The van der Waals surface area contributed by atoms with Gasteiger partial charge in [0.25, 0.3) is 0 Å². The first-order valence-electron chi connectivity index (χ1n) is 8.41. The number of methoxy groups -OCH3 is 1. The summed E-state index contributed by atoms with van der Waals surface area (Å²) >= 11 is 0. The number of amides is 1. The van der Waals surface area contributed by atoms with Crippen molar-refractivity contribution in [3.8, 4) is 22.9 Å². The Bertz CT molecular complexity index is 754. The van der Waals surface area contributed by atoms with E-state index in [1.807, 2.05) is 18.7 Å². The summed E-state index contributed by atoms with van der Waals surface area (Å²) < 4.78 is 39.5. The third kappa shape index (κ3) is 5.88. The van der Waals surface area contributed by atoms with E-state index in [0.717, 1.165) is 0 Å². The van der Waals surface area contributed by atoms with Crippen LogP contribution in [0.5, 0.6) is 11.5 Å². The van der Waals surface area contributed by atoms with Crippen molar-refractivity contribution in [1.82, 2.24) is 20.4 Å². The largest absolute Gasteiger partial charge is 0.493 e. The average molecular weight is 384 g/mol. The Kier molecular flexibility index (Phi) is 7.47. The van der Waals surface area contributed by atoms with Gasteiger partial charge in [-0.25, -0.2) is 0 Å². The van der Waals surface area contributed by atoms with Crippen LogP contribution in [0, 0.1) is 0 Å². The van der Waals surface area contributed by atoms with Crippen LogP contribution < -0.4 is 14.8 Å². The molecule has 0 aliphatic rings. The number of likely N-dealkylation sites (N-methyl/N-ethyl adjacent to an activating group) is 2. The van der Waals surface area contributed by atoms with E-state index < -0.39 is 6.61 Å². The number of carbonyl (C=O) groups is 1. The predicted octanol–water partition coefficient (Wildman–Crippen LogP) is 2.30. The Morgan fingerprint density at radius 1 is 1.33 bits per heavy atom. The van der Waals surface area contributed by atoms with Crippen LogP contribution in [0.2, 0.25) is 0 Å². The van der Waals surface area contributed by atoms with Crippen molar-refractivity contribution in [3.63, 3.8) is 0 Å². The number of rotatable bonds is 10. The van der Waals surface area contributed by atoms with Crippen LogP contribution in [0.1, 0.15) is 19.7 Å². The zero-order valence-corrected chi connectivity index (χ0v) is 15.4. The summed E-state index contributed by atoms with van der Waals surface area (Å²) in [4.78, 5) is 17.9. The fourth-order valence-corrected chi connectivity index (χ4v) is 2.36. The van der Waals surface area contributed by atoms with Crippen LogP contribution in [0.25, 0.3) is 11.4 Å². The first kappa shape index (κ1) is 20.6. The van der Waals surface area contributed by atoms with E-state index in [1.165, 1.54) is 25.3 Å². The van der Waals surface area contributed by atoms with Crippen LogP contribution in [0.3, 0.4) is 0 Å². The summed E-state index contributed by atoms with van der Waals surface area (Å²) in [7, 11) is 1.35. The first-order chi connectivity index (χ1) is 13.0. The highest BCUT2D eigenvalue weighted by Crippen LogP contribution is 2.32. The molecule has 1 heterocycles. The van der Waals surface area contributed by atoms with E-state index in [0.29, 0.717) is 31.1 Å². The lowest BCUT2D eigenvalue weighted by Crippen LogP contribution is -2.36. The van der Waals surface area contributed by atoms with Crippen molar-refractivity contribution in [2.24, 2.45) is 0 Å². The summed E-state index contributed by atoms with van der Waals surface area (Å²) in [5.74, 6) is 0.576. The Hall–Kier alpha value is -2.75. The number of hydrogen-bond acceptors (Lipinski definition) is 7. The minimum atomic E-state index is -2.95. The van der Waals surface area contributed by atoms with Gasteiger partial charge in [-0.1, -0.05) is 12.1 Å². The first-order valence-corrected chi connectivity index (χ1v) is 8.41. The number of nitrogens with one attached hydrogen (secondary N) is 1. The Morgan fingerprint density at radius 2 is 2.11 bits per heavy atom. The number of benzene rings is 1. The van der Waals surface area contributed by atoms with E-state index in [4.69, 9.17) is 9.26 Å². The number of alkyl halides is 2. The van der Waals surface area contributed by atoms with E-state index in [-0.39, 0.29) is 29.8 Å². The molecule has 1 aromatic heterocycles. The molecule has 1 aromatic carbocycles. The lowest BCUT2D eigenvalue weighted by molar-refractivity contribution is -0.122. The quantitative estimate of drug-likeness (QED) is 0.672. The number of halogens is 2. The van der Waals surface area contributed by atoms with Gasteiger partial charge in [-0.2, -0.15) is 13.8 Å². The molecule has 0 fully saturated rings. The second-order valence-electron chi connectivity index (χ2n) is 5.51. The van der Waals surface area contributed by atoms with Gasteiger partial charge < -0.3 is 19.3 Å². The third-order valence-electron chi connectivity index (χ3n) is 3.65. The molecule has 0 atom stereocenters. The molecule has 2 rings (SSSR count). The van der Waals surface area contributed by atoms with Crippen molar-refractivity contribution in [1.29, 1.82) is 0 Å². The number of hydrogen-bond donors (Lipinski definition) is 1. The molecule has 0 radical (unpaired) electrons. The number of aromatic nitrogens is 2. The predicted molar refractivity (Wildman–Crippen MR) is 92.6 cm³/mol. The second-order valence-corrected chi connectivity index (χ2v) is 5.51. The molecule has 0 unspecified atom stereocenters. The molecule has 0 aliphatic carbocycles. The van der Waals surface area contributed by atoms with E-state index in [2.05, 4.69) is 20.2 Å². The molecule has 2 aromatic rings. The van der Waals surface area contributed by atoms with Gasteiger partial charge in [-0.15, -0.1) is 0 Å².